The summed E-state index contributed by atoms with van der Waals surface area (Å²) >= 11 is 1.58. The molecule has 22 heavy (non-hydrogen) atoms. The number of halogens is 1. The van der Waals surface area contributed by atoms with E-state index < -0.39 is 0 Å². The average Bonchev–Trinajstić information content (AvgIpc) is 3.19. The van der Waals surface area contributed by atoms with E-state index in [1.54, 1.807) is 23.5 Å². The van der Waals surface area contributed by atoms with E-state index in [1.165, 1.54) is 12.1 Å². The van der Waals surface area contributed by atoms with Gasteiger partial charge in [0.25, 0.3) is 0 Å². The Morgan fingerprint density at radius 3 is 2.82 bits per heavy atom. The Hall–Kier alpha value is -1.72. The number of hydrogen-bond acceptors (Lipinski definition) is 3. The van der Waals surface area contributed by atoms with Crippen LogP contribution in [0.1, 0.15) is 30.0 Å². The summed E-state index contributed by atoms with van der Waals surface area (Å²) in [5.74, 6) is -0.317. The number of carbonyl (C=O) groups excluding carboxylic acids is 1. The van der Waals surface area contributed by atoms with Gasteiger partial charge in [-0.1, -0.05) is 12.1 Å². The van der Waals surface area contributed by atoms with Crippen LogP contribution in [0.25, 0.3) is 0 Å². The van der Waals surface area contributed by atoms with Crippen LogP contribution < -0.4 is 5.32 Å². The van der Waals surface area contributed by atoms with Gasteiger partial charge in [-0.3, -0.25) is 4.79 Å². The Kier molecular flexibility index (Phi) is 4.85. The Morgan fingerprint density at radius 2 is 2.18 bits per heavy atom. The van der Waals surface area contributed by atoms with Crippen LogP contribution in [0.4, 0.5) is 4.39 Å². The monoisotopic (exact) mass is 319 g/mol. The van der Waals surface area contributed by atoms with E-state index in [-0.39, 0.29) is 23.9 Å². The molecule has 1 fully saturated rings. The van der Waals surface area contributed by atoms with Crippen molar-refractivity contribution < 1.29 is 13.9 Å². The van der Waals surface area contributed by atoms with Gasteiger partial charge in [-0.2, -0.15) is 11.3 Å². The first-order valence-corrected chi connectivity index (χ1v) is 8.34. The van der Waals surface area contributed by atoms with Gasteiger partial charge in [0.2, 0.25) is 5.91 Å². The third-order valence-corrected chi connectivity index (χ3v) is 4.56. The van der Waals surface area contributed by atoms with Crippen LogP contribution in [0, 0.1) is 5.82 Å². The van der Waals surface area contributed by atoms with Gasteiger partial charge in [0.1, 0.15) is 5.82 Å². The molecule has 0 aliphatic carbocycles. The minimum Gasteiger partial charge on any atom is -0.376 e. The molecule has 0 saturated carbocycles. The van der Waals surface area contributed by atoms with Gasteiger partial charge in [-0.15, -0.1) is 0 Å². The van der Waals surface area contributed by atoms with E-state index in [2.05, 4.69) is 5.32 Å². The highest BCUT2D eigenvalue weighted by molar-refractivity contribution is 7.07. The van der Waals surface area contributed by atoms with Crippen LogP contribution >= 0.6 is 11.3 Å². The Morgan fingerprint density at radius 1 is 1.36 bits per heavy atom. The minimum atomic E-state index is -0.278. The largest absolute Gasteiger partial charge is 0.376 e. The SMILES string of the molecule is O=C(Cc1ccsc1)N[C@@H](c1ccc(F)cc1)[C@H]1CCCO1. The number of ether oxygens (including phenoxy) is 1. The Balaban J connectivity index is 1.73. The lowest BCUT2D eigenvalue weighted by Crippen LogP contribution is -2.36. The quantitative estimate of drug-likeness (QED) is 0.916. The lowest BCUT2D eigenvalue weighted by Gasteiger charge is -2.24. The molecule has 0 radical (unpaired) electrons. The summed E-state index contributed by atoms with van der Waals surface area (Å²) < 4.78 is 18.9. The summed E-state index contributed by atoms with van der Waals surface area (Å²) in [6.07, 6.45) is 2.20. The molecule has 2 heterocycles. The fourth-order valence-corrected chi connectivity index (χ4v) is 3.40. The molecule has 2 aromatic rings. The number of amides is 1. The zero-order chi connectivity index (χ0) is 15.4. The first-order valence-electron chi connectivity index (χ1n) is 7.40. The van der Waals surface area contributed by atoms with Crippen molar-refractivity contribution in [2.75, 3.05) is 6.61 Å². The summed E-state index contributed by atoms with van der Waals surface area (Å²) in [5.41, 5.74) is 1.89. The predicted molar refractivity (Wildman–Crippen MR) is 84.3 cm³/mol. The molecule has 116 valence electrons. The smallest absolute Gasteiger partial charge is 0.225 e. The third kappa shape index (κ3) is 3.72. The number of nitrogens with one attached hydrogen (secondary N) is 1. The molecule has 0 spiro atoms. The van der Waals surface area contributed by atoms with Crippen molar-refractivity contribution in [3.8, 4) is 0 Å². The maximum absolute atomic E-state index is 13.1. The van der Waals surface area contributed by atoms with Crippen molar-refractivity contribution in [1.29, 1.82) is 0 Å². The average molecular weight is 319 g/mol. The molecule has 1 aliphatic heterocycles. The van der Waals surface area contributed by atoms with Crippen LogP contribution in [0.5, 0.6) is 0 Å². The van der Waals surface area contributed by atoms with E-state index in [1.807, 2.05) is 16.8 Å². The van der Waals surface area contributed by atoms with Gasteiger partial charge in [0.15, 0.2) is 0 Å². The van der Waals surface area contributed by atoms with E-state index in [0.717, 1.165) is 24.0 Å². The molecule has 2 atom stereocenters. The normalized spacial score (nSPS) is 19.0. The number of thiophene rings is 1. The van der Waals surface area contributed by atoms with Crippen molar-refractivity contribution in [1.82, 2.24) is 5.32 Å². The van der Waals surface area contributed by atoms with E-state index in [4.69, 9.17) is 4.74 Å². The fraction of sp³-hybridized carbons (Fsp3) is 0.353. The Bertz CT molecular complexity index is 606. The highest BCUT2D eigenvalue weighted by atomic mass is 32.1. The van der Waals surface area contributed by atoms with Gasteiger partial charge in [0, 0.05) is 6.61 Å². The fourth-order valence-electron chi connectivity index (χ4n) is 2.73. The lowest BCUT2D eigenvalue weighted by molar-refractivity contribution is -0.122. The molecular formula is C17H18FNO2S. The molecular weight excluding hydrogens is 301 g/mol. The van der Waals surface area contributed by atoms with E-state index in [9.17, 15) is 9.18 Å². The van der Waals surface area contributed by atoms with Crippen LogP contribution in [-0.4, -0.2) is 18.6 Å². The first-order chi connectivity index (χ1) is 10.7. The topological polar surface area (TPSA) is 38.3 Å². The van der Waals surface area contributed by atoms with Gasteiger partial charge in [0.05, 0.1) is 18.6 Å². The summed E-state index contributed by atoms with van der Waals surface area (Å²) in [5, 5.41) is 6.98. The van der Waals surface area contributed by atoms with Crippen LogP contribution in [0.15, 0.2) is 41.1 Å². The zero-order valence-corrected chi connectivity index (χ0v) is 12.9. The summed E-state index contributed by atoms with van der Waals surface area (Å²) in [6, 6.07) is 7.99. The number of rotatable bonds is 5. The molecule has 1 aromatic carbocycles. The summed E-state index contributed by atoms with van der Waals surface area (Å²) in [7, 11) is 0. The highest BCUT2D eigenvalue weighted by Gasteiger charge is 2.28. The minimum absolute atomic E-state index is 0.0387. The van der Waals surface area contributed by atoms with Gasteiger partial charge >= 0.3 is 0 Å². The van der Waals surface area contributed by atoms with Gasteiger partial charge in [-0.25, -0.2) is 4.39 Å². The molecule has 3 nitrogen and oxygen atoms in total. The molecule has 1 amide bonds. The van der Waals surface area contributed by atoms with Crippen molar-refractivity contribution >= 4 is 17.2 Å². The molecule has 1 aromatic heterocycles. The maximum atomic E-state index is 13.1. The number of benzene rings is 1. The van der Waals surface area contributed by atoms with Gasteiger partial charge in [-0.05, 0) is 52.9 Å². The third-order valence-electron chi connectivity index (χ3n) is 3.83. The molecule has 1 saturated heterocycles. The molecule has 5 heteroatoms. The number of hydrogen-bond donors (Lipinski definition) is 1. The highest BCUT2D eigenvalue weighted by Crippen LogP contribution is 2.27. The molecule has 1 aliphatic rings. The van der Waals surface area contributed by atoms with Crippen molar-refractivity contribution in [3.63, 3.8) is 0 Å². The zero-order valence-electron chi connectivity index (χ0n) is 12.1. The van der Waals surface area contributed by atoms with Crippen molar-refractivity contribution in [3.05, 3.63) is 58.0 Å². The van der Waals surface area contributed by atoms with E-state index in [0.29, 0.717) is 13.0 Å². The molecule has 1 N–H and O–H groups in total. The Labute approximate surface area is 133 Å². The summed E-state index contributed by atoms with van der Waals surface area (Å²) in [4.78, 5) is 12.3. The standard InChI is InChI=1S/C17H18FNO2S/c18-14-5-3-13(4-6-14)17(15-2-1-8-21-15)19-16(20)10-12-7-9-22-11-12/h3-7,9,11,15,17H,1-2,8,10H2,(H,19,20)/t15-,17+/m1/s1. The second-order valence-corrected chi connectivity index (χ2v) is 6.24. The summed E-state index contributed by atoms with van der Waals surface area (Å²) in [6.45, 7) is 0.711. The maximum Gasteiger partial charge on any atom is 0.225 e. The van der Waals surface area contributed by atoms with Crippen LogP contribution in [0.2, 0.25) is 0 Å². The van der Waals surface area contributed by atoms with Crippen LogP contribution in [-0.2, 0) is 16.0 Å². The van der Waals surface area contributed by atoms with Crippen LogP contribution in [0.3, 0.4) is 0 Å². The molecule has 0 bridgehead atoms. The number of carbonyl (C=O) groups is 1. The van der Waals surface area contributed by atoms with Crippen molar-refractivity contribution in [2.45, 2.75) is 31.4 Å². The molecule has 0 unspecified atom stereocenters. The van der Waals surface area contributed by atoms with Gasteiger partial charge < -0.3 is 10.1 Å². The van der Waals surface area contributed by atoms with Crippen molar-refractivity contribution in [2.24, 2.45) is 0 Å². The van der Waals surface area contributed by atoms with E-state index >= 15 is 0 Å². The lowest BCUT2D eigenvalue weighted by atomic mass is 9.99. The second kappa shape index (κ2) is 7.03. The molecule has 3 rings (SSSR count). The predicted octanol–water partition coefficient (Wildman–Crippen LogP) is 3.47. The second-order valence-electron chi connectivity index (χ2n) is 5.46. The first kappa shape index (κ1) is 15.2.